The highest BCUT2D eigenvalue weighted by atomic mass is 32.1. The number of likely N-dealkylation sites (N-methyl/N-ethyl adjacent to an activating group) is 1. The Morgan fingerprint density at radius 3 is 2.16 bits per heavy atom. The molecule has 0 spiro atoms. The van der Waals surface area contributed by atoms with Gasteiger partial charge < -0.3 is 10.6 Å². The van der Waals surface area contributed by atoms with Gasteiger partial charge in [-0.25, -0.2) is 0 Å². The number of halogens is 3. The highest BCUT2D eigenvalue weighted by molar-refractivity contribution is 7.80. The quantitative estimate of drug-likeness (QED) is 0.870. The molecular formula is C12H13F3N2OS. The van der Waals surface area contributed by atoms with Crippen LogP contribution < -0.4 is 5.73 Å². The molecule has 0 heterocycles. The Morgan fingerprint density at radius 2 is 1.79 bits per heavy atom. The summed E-state index contributed by atoms with van der Waals surface area (Å²) in [7, 11) is 1.49. The van der Waals surface area contributed by atoms with Gasteiger partial charge in [0.25, 0.3) is 5.91 Å². The Kier molecular flexibility index (Phi) is 4.52. The monoisotopic (exact) mass is 290 g/mol. The predicted octanol–water partition coefficient (Wildman–Crippen LogP) is 2.45. The fourth-order valence-electron chi connectivity index (χ4n) is 1.37. The van der Waals surface area contributed by atoms with E-state index >= 15 is 0 Å². The molecule has 7 heteroatoms. The lowest BCUT2D eigenvalue weighted by Crippen LogP contribution is -2.42. The number of benzene rings is 1. The molecule has 1 atom stereocenters. The third-order valence-corrected chi connectivity index (χ3v) is 3.11. The largest absolute Gasteiger partial charge is 0.416 e. The van der Waals surface area contributed by atoms with Crippen LogP contribution in [0.5, 0.6) is 0 Å². The number of alkyl halides is 3. The van der Waals surface area contributed by atoms with Gasteiger partial charge in [0.1, 0.15) is 0 Å². The Bertz CT molecular complexity index is 485. The molecule has 0 saturated heterocycles. The molecule has 0 aliphatic carbocycles. The molecule has 2 N–H and O–H groups in total. The van der Waals surface area contributed by atoms with Crippen LogP contribution in [-0.4, -0.2) is 28.9 Å². The molecule has 0 bridgehead atoms. The van der Waals surface area contributed by atoms with Crippen molar-refractivity contribution >= 4 is 23.1 Å². The van der Waals surface area contributed by atoms with E-state index in [2.05, 4.69) is 0 Å². The summed E-state index contributed by atoms with van der Waals surface area (Å²) in [6.07, 6.45) is -4.42. The van der Waals surface area contributed by atoms with Crippen LogP contribution in [0.15, 0.2) is 24.3 Å². The van der Waals surface area contributed by atoms with Gasteiger partial charge in [0.05, 0.1) is 16.6 Å². The Hall–Kier alpha value is -1.63. The summed E-state index contributed by atoms with van der Waals surface area (Å²) in [4.78, 5) is 13.4. The van der Waals surface area contributed by atoms with Crippen LogP contribution in [0.2, 0.25) is 0 Å². The van der Waals surface area contributed by atoms with Gasteiger partial charge in [-0.15, -0.1) is 0 Å². The normalized spacial score (nSPS) is 12.9. The van der Waals surface area contributed by atoms with Crippen molar-refractivity contribution in [1.82, 2.24) is 4.90 Å². The second-order valence-corrected chi connectivity index (χ2v) is 4.54. The molecule has 1 aromatic carbocycles. The first-order valence-electron chi connectivity index (χ1n) is 5.38. The molecule has 0 aromatic heterocycles. The van der Waals surface area contributed by atoms with Crippen LogP contribution in [0.25, 0.3) is 0 Å². The molecule has 1 aromatic rings. The summed E-state index contributed by atoms with van der Waals surface area (Å²) in [5, 5.41) is 0. The Labute approximate surface area is 114 Å². The van der Waals surface area contributed by atoms with Crippen LogP contribution in [0.4, 0.5) is 13.2 Å². The summed E-state index contributed by atoms with van der Waals surface area (Å²) >= 11 is 4.77. The van der Waals surface area contributed by atoms with Crippen LogP contribution in [-0.2, 0) is 6.18 Å². The lowest BCUT2D eigenvalue weighted by atomic mass is 10.1. The summed E-state index contributed by atoms with van der Waals surface area (Å²) in [6.45, 7) is 1.64. The van der Waals surface area contributed by atoms with E-state index in [4.69, 9.17) is 18.0 Å². The first-order valence-corrected chi connectivity index (χ1v) is 5.79. The molecule has 19 heavy (non-hydrogen) atoms. The fraction of sp³-hybridized carbons (Fsp3) is 0.333. The van der Waals surface area contributed by atoms with Gasteiger partial charge in [-0.1, -0.05) is 12.2 Å². The number of nitrogens with zero attached hydrogens (tertiary/aromatic N) is 1. The highest BCUT2D eigenvalue weighted by Crippen LogP contribution is 2.29. The molecule has 104 valence electrons. The first-order chi connectivity index (χ1) is 8.64. The molecule has 1 amide bonds. The van der Waals surface area contributed by atoms with E-state index < -0.39 is 23.7 Å². The smallest absolute Gasteiger partial charge is 0.392 e. The van der Waals surface area contributed by atoms with Gasteiger partial charge in [0.2, 0.25) is 0 Å². The molecule has 1 unspecified atom stereocenters. The number of hydrogen-bond acceptors (Lipinski definition) is 2. The number of amides is 1. The average molecular weight is 290 g/mol. The van der Waals surface area contributed by atoms with E-state index in [0.29, 0.717) is 0 Å². The highest BCUT2D eigenvalue weighted by Gasteiger charge is 2.30. The van der Waals surface area contributed by atoms with Gasteiger partial charge >= 0.3 is 6.18 Å². The number of hydrogen-bond donors (Lipinski definition) is 1. The molecule has 0 fully saturated rings. The topological polar surface area (TPSA) is 46.3 Å². The lowest BCUT2D eigenvalue weighted by molar-refractivity contribution is -0.137. The average Bonchev–Trinajstić information content (AvgIpc) is 2.35. The summed E-state index contributed by atoms with van der Waals surface area (Å²) in [5.41, 5.74) is 4.78. The number of nitrogens with two attached hydrogens (primary N) is 1. The van der Waals surface area contributed by atoms with Crippen molar-refractivity contribution in [3.05, 3.63) is 35.4 Å². The van der Waals surface area contributed by atoms with E-state index in [9.17, 15) is 18.0 Å². The standard InChI is InChI=1S/C12H13F3N2OS/c1-7(10(16)19)17(2)11(18)8-3-5-9(6-4-8)12(13,14)15/h3-7H,1-2H3,(H2,16,19). The van der Waals surface area contributed by atoms with Crippen LogP contribution in [0, 0.1) is 0 Å². The molecule has 0 saturated carbocycles. The first kappa shape index (κ1) is 15.4. The van der Waals surface area contributed by atoms with Gasteiger partial charge in [-0.05, 0) is 31.2 Å². The van der Waals surface area contributed by atoms with Gasteiger partial charge in [0, 0.05) is 12.6 Å². The number of carbonyl (C=O) groups excluding carboxylic acids is 1. The second kappa shape index (κ2) is 5.56. The van der Waals surface area contributed by atoms with Crippen molar-refractivity contribution in [2.24, 2.45) is 5.73 Å². The minimum atomic E-state index is -4.42. The van der Waals surface area contributed by atoms with E-state index in [1.807, 2.05) is 0 Å². The van der Waals surface area contributed by atoms with Gasteiger partial charge in [-0.3, -0.25) is 4.79 Å². The maximum absolute atomic E-state index is 12.4. The minimum Gasteiger partial charge on any atom is -0.392 e. The van der Waals surface area contributed by atoms with E-state index in [1.54, 1.807) is 6.92 Å². The van der Waals surface area contributed by atoms with E-state index in [-0.39, 0.29) is 10.6 Å². The van der Waals surface area contributed by atoms with E-state index in [0.717, 1.165) is 24.3 Å². The molecule has 3 nitrogen and oxygen atoms in total. The van der Waals surface area contributed by atoms with Crippen molar-refractivity contribution < 1.29 is 18.0 Å². The maximum Gasteiger partial charge on any atom is 0.416 e. The van der Waals surface area contributed by atoms with Crippen molar-refractivity contribution in [2.75, 3.05) is 7.05 Å². The molecular weight excluding hydrogens is 277 g/mol. The number of carbonyl (C=O) groups is 1. The molecule has 0 radical (unpaired) electrons. The predicted molar refractivity (Wildman–Crippen MR) is 69.8 cm³/mol. The third-order valence-electron chi connectivity index (χ3n) is 2.77. The van der Waals surface area contributed by atoms with Crippen molar-refractivity contribution in [2.45, 2.75) is 19.1 Å². The van der Waals surface area contributed by atoms with Crippen molar-refractivity contribution in [3.8, 4) is 0 Å². The summed E-state index contributed by atoms with van der Waals surface area (Å²) in [6, 6.07) is 3.53. The summed E-state index contributed by atoms with van der Waals surface area (Å²) < 4.78 is 37.2. The van der Waals surface area contributed by atoms with Crippen LogP contribution in [0.1, 0.15) is 22.8 Å². The fourth-order valence-corrected chi connectivity index (χ4v) is 1.53. The maximum atomic E-state index is 12.4. The SMILES string of the molecule is CC(C(N)=S)N(C)C(=O)c1ccc(C(F)(F)F)cc1. The van der Waals surface area contributed by atoms with Gasteiger partial charge in [-0.2, -0.15) is 13.2 Å². The zero-order valence-electron chi connectivity index (χ0n) is 10.4. The Morgan fingerprint density at radius 1 is 1.32 bits per heavy atom. The second-order valence-electron chi connectivity index (χ2n) is 4.07. The molecule has 0 aliphatic rings. The number of thiocarbonyl (C=S) groups is 1. The van der Waals surface area contributed by atoms with Gasteiger partial charge in [0.15, 0.2) is 0 Å². The third kappa shape index (κ3) is 3.66. The van der Waals surface area contributed by atoms with Crippen LogP contribution >= 0.6 is 12.2 Å². The van der Waals surface area contributed by atoms with Crippen molar-refractivity contribution in [3.63, 3.8) is 0 Å². The Balaban J connectivity index is 2.93. The summed E-state index contributed by atoms with van der Waals surface area (Å²) in [5.74, 6) is -0.436. The van der Waals surface area contributed by atoms with E-state index in [1.165, 1.54) is 11.9 Å². The van der Waals surface area contributed by atoms with Crippen LogP contribution in [0.3, 0.4) is 0 Å². The molecule has 1 rings (SSSR count). The van der Waals surface area contributed by atoms with Crippen molar-refractivity contribution in [1.29, 1.82) is 0 Å². The zero-order chi connectivity index (χ0) is 14.8. The minimum absolute atomic E-state index is 0.141. The lowest BCUT2D eigenvalue weighted by Gasteiger charge is -2.24. The zero-order valence-corrected chi connectivity index (χ0v) is 11.2. The molecule has 0 aliphatic heterocycles. The number of rotatable bonds is 3.